The van der Waals surface area contributed by atoms with Crippen LogP contribution in [0, 0.1) is 11.3 Å². The van der Waals surface area contributed by atoms with Gasteiger partial charge in [0.2, 0.25) is 0 Å². The average Bonchev–Trinajstić information content (AvgIpc) is 2.10. The summed E-state index contributed by atoms with van der Waals surface area (Å²) in [6.45, 7) is 4.24. The SMILES string of the molecule is C[C@@H]1CN(CC(C(=N)N)C(F)(F)F)C[C@H](C)O1. The summed E-state index contributed by atoms with van der Waals surface area (Å²) >= 11 is 0. The second-order valence-corrected chi connectivity index (χ2v) is 4.53. The molecule has 1 rings (SSSR count). The number of nitrogens with zero attached hydrogens (tertiary/aromatic N) is 1. The number of amidine groups is 1. The summed E-state index contributed by atoms with van der Waals surface area (Å²) in [5.74, 6) is -2.72. The Morgan fingerprint density at radius 1 is 1.41 bits per heavy atom. The van der Waals surface area contributed by atoms with E-state index in [-0.39, 0.29) is 18.8 Å². The molecular weight excluding hydrogens is 235 g/mol. The van der Waals surface area contributed by atoms with Crippen LogP contribution in [0.25, 0.3) is 0 Å². The number of alkyl halides is 3. The molecule has 1 saturated heterocycles. The Morgan fingerprint density at radius 2 is 1.88 bits per heavy atom. The molecule has 0 spiro atoms. The molecule has 17 heavy (non-hydrogen) atoms. The zero-order chi connectivity index (χ0) is 13.2. The highest BCUT2D eigenvalue weighted by Gasteiger charge is 2.43. The first-order valence-electron chi connectivity index (χ1n) is 5.48. The molecule has 3 atom stereocenters. The van der Waals surface area contributed by atoms with Crippen molar-refractivity contribution in [2.45, 2.75) is 32.2 Å². The molecule has 1 aliphatic heterocycles. The normalized spacial score (nSPS) is 29.0. The zero-order valence-electron chi connectivity index (χ0n) is 9.92. The van der Waals surface area contributed by atoms with Gasteiger partial charge in [-0.2, -0.15) is 13.2 Å². The predicted octanol–water partition coefficient (Wildman–Crippen LogP) is 1.21. The summed E-state index contributed by atoms with van der Waals surface area (Å²) in [4.78, 5) is 1.65. The second-order valence-electron chi connectivity index (χ2n) is 4.53. The highest BCUT2D eigenvalue weighted by atomic mass is 19.4. The molecule has 0 radical (unpaired) electrons. The molecule has 3 N–H and O–H groups in total. The molecule has 0 aromatic carbocycles. The summed E-state index contributed by atoms with van der Waals surface area (Å²) < 4.78 is 43.4. The van der Waals surface area contributed by atoms with E-state index in [1.165, 1.54) is 0 Å². The standard InChI is InChI=1S/C10H18F3N3O/c1-6-3-16(4-7(2)17-6)5-8(9(14)15)10(11,12)13/h6-8H,3-5H2,1-2H3,(H3,14,15)/t6-,7+,8?. The molecule has 1 heterocycles. The minimum atomic E-state index is -4.46. The van der Waals surface area contributed by atoms with E-state index in [2.05, 4.69) is 0 Å². The van der Waals surface area contributed by atoms with Crippen molar-refractivity contribution < 1.29 is 17.9 Å². The van der Waals surface area contributed by atoms with Crippen LogP contribution in [0.2, 0.25) is 0 Å². The molecule has 0 bridgehead atoms. The van der Waals surface area contributed by atoms with Gasteiger partial charge in [0.05, 0.1) is 12.2 Å². The van der Waals surface area contributed by atoms with Gasteiger partial charge in [0.15, 0.2) is 0 Å². The number of nitrogens with one attached hydrogen (secondary N) is 1. The number of nitrogens with two attached hydrogens (primary N) is 1. The van der Waals surface area contributed by atoms with E-state index in [1.807, 2.05) is 13.8 Å². The molecule has 0 aromatic rings. The van der Waals surface area contributed by atoms with Crippen LogP contribution in [-0.2, 0) is 4.74 Å². The summed E-state index contributed by atoms with van der Waals surface area (Å²) in [5.41, 5.74) is 5.01. The van der Waals surface area contributed by atoms with Crippen molar-refractivity contribution in [3.05, 3.63) is 0 Å². The first kappa shape index (κ1) is 14.2. The highest BCUT2D eigenvalue weighted by molar-refractivity contribution is 5.80. The molecule has 4 nitrogen and oxygen atoms in total. The first-order valence-corrected chi connectivity index (χ1v) is 5.48. The van der Waals surface area contributed by atoms with Crippen LogP contribution in [0.1, 0.15) is 13.8 Å². The van der Waals surface area contributed by atoms with Crippen LogP contribution < -0.4 is 5.73 Å². The molecule has 1 unspecified atom stereocenters. The Bertz CT molecular complexity index is 272. The summed E-state index contributed by atoms with van der Waals surface area (Å²) in [6.07, 6.45) is -4.66. The summed E-state index contributed by atoms with van der Waals surface area (Å²) in [7, 11) is 0. The van der Waals surface area contributed by atoms with Crippen molar-refractivity contribution in [1.29, 1.82) is 5.41 Å². The van der Waals surface area contributed by atoms with Gasteiger partial charge in [-0.25, -0.2) is 0 Å². The van der Waals surface area contributed by atoms with Crippen molar-refractivity contribution in [3.63, 3.8) is 0 Å². The quantitative estimate of drug-likeness (QED) is 0.587. The lowest BCUT2D eigenvalue weighted by atomic mass is 10.1. The van der Waals surface area contributed by atoms with E-state index in [0.717, 1.165) is 0 Å². The van der Waals surface area contributed by atoms with E-state index < -0.39 is 17.9 Å². The monoisotopic (exact) mass is 253 g/mol. The van der Waals surface area contributed by atoms with Crippen LogP contribution in [0.15, 0.2) is 0 Å². The van der Waals surface area contributed by atoms with E-state index >= 15 is 0 Å². The number of rotatable bonds is 3. The smallest absolute Gasteiger partial charge is 0.387 e. The number of hydrogen-bond donors (Lipinski definition) is 2. The lowest BCUT2D eigenvalue weighted by molar-refractivity contribution is -0.166. The molecule has 1 aliphatic rings. The molecule has 7 heteroatoms. The van der Waals surface area contributed by atoms with Crippen LogP contribution in [0.5, 0.6) is 0 Å². The number of hydrogen-bond acceptors (Lipinski definition) is 3. The minimum absolute atomic E-state index is 0.0976. The van der Waals surface area contributed by atoms with Gasteiger partial charge in [0, 0.05) is 19.6 Å². The molecule has 0 aromatic heterocycles. The van der Waals surface area contributed by atoms with Crippen molar-refractivity contribution >= 4 is 5.84 Å². The molecule has 0 saturated carbocycles. The Kier molecular flexibility index (Phi) is 4.37. The second kappa shape index (κ2) is 5.22. The van der Waals surface area contributed by atoms with E-state index in [1.54, 1.807) is 4.90 Å². The third-order valence-electron chi connectivity index (χ3n) is 2.71. The molecule has 0 amide bonds. The first-order chi connectivity index (χ1) is 7.70. The number of morpholine rings is 1. The van der Waals surface area contributed by atoms with Crippen molar-refractivity contribution in [3.8, 4) is 0 Å². The van der Waals surface area contributed by atoms with Gasteiger partial charge in [-0.3, -0.25) is 10.3 Å². The maximum absolute atomic E-state index is 12.6. The Balaban J connectivity index is 2.64. The Morgan fingerprint density at radius 3 is 2.24 bits per heavy atom. The number of halogens is 3. The molecule has 0 aliphatic carbocycles. The van der Waals surface area contributed by atoms with E-state index in [4.69, 9.17) is 15.9 Å². The van der Waals surface area contributed by atoms with Gasteiger partial charge >= 0.3 is 6.18 Å². The Hall–Kier alpha value is -0.820. The maximum Gasteiger partial charge on any atom is 0.399 e. The summed E-state index contributed by atoms with van der Waals surface area (Å²) in [5, 5.41) is 7.03. The van der Waals surface area contributed by atoms with Crippen LogP contribution >= 0.6 is 0 Å². The van der Waals surface area contributed by atoms with Crippen molar-refractivity contribution in [1.82, 2.24) is 4.90 Å². The molecule has 100 valence electrons. The molecular formula is C10H18F3N3O. The van der Waals surface area contributed by atoms with Crippen LogP contribution in [-0.4, -0.2) is 48.8 Å². The fraction of sp³-hybridized carbons (Fsp3) is 0.900. The maximum atomic E-state index is 12.6. The third-order valence-corrected chi connectivity index (χ3v) is 2.71. The van der Waals surface area contributed by atoms with Crippen molar-refractivity contribution in [2.24, 2.45) is 11.7 Å². The van der Waals surface area contributed by atoms with Gasteiger partial charge in [0.25, 0.3) is 0 Å². The average molecular weight is 253 g/mol. The van der Waals surface area contributed by atoms with Gasteiger partial charge in [0.1, 0.15) is 11.8 Å². The number of ether oxygens (including phenoxy) is 1. The van der Waals surface area contributed by atoms with Gasteiger partial charge < -0.3 is 10.5 Å². The fourth-order valence-corrected chi connectivity index (χ4v) is 2.07. The fourth-order valence-electron chi connectivity index (χ4n) is 2.07. The lowest BCUT2D eigenvalue weighted by Crippen LogP contribution is -2.51. The van der Waals surface area contributed by atoms with Gasteiger partial charge in [-0.15, -0.1) is 0 Å². The predicted molar refractivity (Wildman–Crippen MR) is 57.9 cm³/mol. The molecule has 1 fully saturated rings. The van der Waals surface area contributed by atoms with Crippen LogP contribution in [0.3, 0.4) is 0 Å². The van der Waals surface area contributed by atoms with E-state index in [0.29, 0.717) is 13.1 Å². The topological polar surface area (TPSA) is 62.3 Å². The van der Waals surface area contributed by atoms with E-state index in [9.17, 15) is 13.2 Å². The zero-order valence-corrected chi connectivity index (χ0v) is 9.92. The highest BCUT2D eigenvalue weighted by Crippen LogP contribution is 2.27. The van der Waals surface area contributed by atoms with Gasteiger partial charge in [-0.05, 0) is 13.8 Å². The lowest BCUT2D eigenvalue weighted by Gasteiger charge is -2.37. The van der Waals surface area contributed by atoms with Crippen LogP contribution in [0.4, 0.5) is 13.2 Å². The largest absolute Gasteiger partial charge is 0.399 e. The van der Waals surface area contributed by atoms with Gasteiger partial charge in [-0.1, -0.05) is 0 Å². The Labute approximate surface area is 98.4 Å². The summed E-state index contributed by atoms with van der Waals surface area (Å²) in [6, 6.07) is 0. The van der Waals surface area contributed by atoms with Crippen molar-refractivity contribution in [2.75, 3.05) is 19.6 Å². The third kappa shape index (κ3) is 4.16. The minimum Gasteiger partial charge on any atom is -0.387 e.